The maximum atomic E-state index is 11.6. The number of H-pyrrole nitrogens is 3. The number of nitrogens with one attached hydrogen (secondary N) is 3. The number of nitrogens with zero attached hydrogens (tertiary/aromatic N) is 3. The number of aromatic nitrogens is 6. The maximum absolute atomic E-state index is 11.6. The molecule has 0 radical (unpaired) electrons. The van der Waals surface area contributed by atoms with E-state index in [0.29, 0.717) is 0 Å². The summed E-state index contributed by atoms with van der Waals surface area (Å²) in [5.74, 6) is 0. The van der Waals surface area contributed by atoms with Gasteiger partial charge in [0.15, 0.2) is 18.7 Å². The Hall–Kier alpha value is -0.990. The molecule has 0 spiro atoms. The number of hydrogen-bond donors (Lipinski definition) is 15. The Balaban J connectivity index is -0.000000907. The third-order valence-corrected chi connectivity index (χ3v) is 10.1. The third-order valence-electron chi connectivity index (χ3n) is 8.61. The molecule has 0 aromatic carbocycles. The van der Waals surface area contributed by atoms with Crippen LogP contribution < -0.4 is 122 Å². The Morgan fingerprint density at radius 1 is 0.455 bits per heavy atom. The van der Waals surface area contributed by atoms with Crippen molar-refractivity contribution in [2.75, 3.05) is 19.8 Å². The number of phosphoric ester groups is 3. The number of aliphatic hydroxyl groups is 6. The van der Waals surface area contributed by atoms with E-state index in [0.717, 1.165) is 50.5 Å². The van der Waals surface area contributed by atoms with Gasteiger partial charge in [-0.2, -0.15) is 0 Å². The maximum Gasteiger partial charge on any atom is 1.00 e. The first-order chi connectivity index (χ1) is 29.1. The van der Waals surface area contributed by atoms with Crippen LogP contribution in [0.2, 0.25) is 0 Å². The molecule has 3 aromatic rings. The Labute approximate surface area is 435 Å². The number of hydrogen-bond acceptors (Lipinski definition) is 21. The van der Waals surface area contributed by atoms with E-state index in [9.17, 15) is 73.1 Å². The largest absolute Gasteiger partial charge is 1.00 e. The van der Waals surface area contributed by atoms with Gasteiger partial charge in [-0.05, 0) is 0 Å². The Kier molecular flexibility index (Phi) is 25.3. The topological polar surface area (TPSA) is 514 Å². The van der Waals surface area contributed by atoms with Crippen LogP contribution in [0.4, 0.5) is 0 Å². The SMILES string of the molecule is O=c1ccn([C@@H]2O[C@H](COP(=O)(O)O)[C@@H](O)[C@H]2O)c(=O)[nH]1.O=c1ccn([C@@H]2O[C@H](COP(=O)(O)O)[C@@H](O)[C@H]2O)c(=O)[nH]1.O=c1ccn([C@@H]2O[C@H](COP(=O)(O)O)[C@@H](O)[C@H]2O)c(=O)[nH]1.[H-].[H-].[H-].[Na+].[Na+].[Na+]. The van der Waals surface area contributed by atoms with Gasteiger partial charge in [0.05, 0.1) is 19.8 Å². The quantitative estimate of drug-likeness (QED) is 0.0591. The second-order valence-corrected chi connectivity index (χ2v) is 16.8. The fourth-order valence-corrected chi connectivity index (χ4v) is 6.71. The zero-order chi connectivity index (χ0) is 47.4. The molecule has 0 aliphatic carbocycles. The van der Waals surface area contributed by atoms with E-state index in [2.05, 4.69) is 13.6 Å². The molecule has 0 unspecified atom stereocenters. The summed E-state index contributed by atoms with van der Waals surface area (Å²) in [6.07, 6.45) is -13.8. The van der Waals surface area contributed by atoms with E-state index in [4.69, 9.17) is 43.6 Å². The first kappa shape index (κ1) is 63.0. The van der Waals surface area contributed by atoms with Gasteiger partial charge in [-0.15, -0.1) is 0 Å². The van der Waals surface area contributed by atoms with Crippen molar-refractivity contribution in [3.05, 3.63) is 99.3 Å². The first-order valence-electron chi connectivity index (χ1n) is 17.2. The molecule has 0 bridgehead atoms. The summed E-state index contributed by atoms with van der Waals surface area (Å²) in [7, 11) is -14.3. The van der Waals surface area contributed by atoms with E-state index in [1.54, 1.807) is 0 Å². The van der Waals surface area contributed by atoms with E-state index in [-0.39, 0.29) is 93.0 Å². The van der Waals surface area contributed by atoms with E-state index in [1.165, 1.54) is 0 Å². The predicted molar refractivity (Wildman–Crippen MR) is 199 cm³/mol. The molecule has 66 heavy (non-hydrogen) atoms. The Bertz CT molecular complexity index is 2300. The minimum absolute atomic E-state index is 0. The van der Waals surface area contributed by atoms with E-state index < -0.39 is 151 Å². The van der Waals surface area contributed by atoms with Gasteiger partial charge in [-0.3, -0.25) is 56.6 Å². The minimum atomic E-state index is -4.76. The van der Waals surface area contributed by atoms with Gasteiger partial charge >= 0.3 is 129 Å². The molecule has 3 aliphatic rings. The van der Waals surface area contributed by atoms with Gasteiger partial charge in [-0.1, -0.05) is 0 Å². The van der Waals surface area contributed by atoms with Crippen molar-refractivity contribution >= 4 is 23.5 Å². The molecule has 12 atom stereocenters. The number of phosphoric acid groups is 3. The summed E-state index contributed by atoms with van der Waals surface area (Å²) in [5.41, 5.74) is -4.54. The number of aromatic amines is 3. The summed E-state index contributed by atoms with van der Waals surface area (Å²) in [4.78, 5) is 125. The molecule has 15 N–H and O–H groups in total. The molecule has 0 amide bonds. The average Bonchev–Trinajstić information content (AvgIpc) is 3.73. The van der Waals surface area contributed by atoms with Gasteiger partial charge in [0, 0.05) is 36.8 Å². The van der Waals surface area contributed by atoms with Gasteiger partial charge in [0.25, 0.3) is 16.7 Å². The van der Waals surface area contributed by atoms with Gasteiger partial charge in [-0.25, -0.2) is 28.1 Å². The number of rotatable bonds is 12. The van der Waals surface area contributed by atoms with Crippen molar-refractivity contribution in [3.8, 4) is 0 Å². The second-order valence-electron chi connectivity index (χ2n) is 13.1. The van der Waals surface area contributed by atoms with Crippen molar-refractivity contribution < 1.29 is 194 Å². The molecule has 6 heterocycles. The van der Waals surface area contributed by atoms with Crippen LogP contribution in [-0.4, -0.2) is 163 Å². The third kappa shape index (κ3) is 18.0. The molecular weight excluding hydrogens is 1000 g/mol. The van der Waals surface area contributed by atoms with Crippen molar-refractivity contribution in [3.63, 3.8) is 0 Å². The molecule has 39 heteroatoms. The van der Waals surface area contributed by atoms with Crippen molar-refractivity contribution in [1.82, 2.24) is 28.7 Å². The van der Waals surface area contributed by atoms with Crippen molar-refractivity contribution in [1.29, 1.82) is 0 Å². The molecular formula is C27H42N6Na3O27P3. The second kappa shape index (κ2) is 26.5. The molecule has 3 aliphatic heterocycles. The van der Waals surface area contributed by atoms with Crippen LogP contribution in [0.3, 0.4) is 0 Å². The van der Waals surface area contributed by atoms with E-state index >= 15 is 0 Å². The molecule has 33 nitrogen and oxygen atoms in total. The average molecular weight is 1040 g/mol. The zero-order valence-corrected chi connectivity index (χ0v) is 42.9. The van der Waals surface area contributed by atoms with Crippen LogP contribution in [0.5, 0.6) is 0 Å². The van der Waals surface area contributed by atoms with Gasteiger partial charge < -0.3 is 78.5 Å². The molecule has 3 fully saturated rings. The number of aliphatic hydroxyl groups excluding tert-OH is 6. The molecule has 3 aromatic heterocycles. The molecule has 0 saturated carbocycles. The van der Waals surface area contributed by atoms with Crippen LogP contribution in [-0.2, 0) is 41.5 Å². The summed E-state index contributed by atoms with van der Waals surface area (Å²) in [6, 6.07) is 3.05. The van der Waals surface area contributed by atoms with Crippen molar-refractivity contribution in [2.45, 2.75) is 73.6 Å². The van der Waals surface area contributed by atoms with Gasteiger partial charge in [0.2, 0.25) is 0 Å². The first-order valence-corrected chi connectivity index (χ1v) is 21.8. The van der Waals surface area contributed by atoms with Crippen LogP contribution in [0.25, 0.3) is 0 Å². The van der Waals surface area contributed by atoms with Gasteiger partial charge in [0.1, 0.15) is 54.9 Å². The molecule has 6 rings (SSSR count). The number of ether oxygens (including phenoxy) is 3. The normalized spacial score (nSPS) is 28.4. The van der Waals surface area contributed by atoms with Crippen molar-refractivity contribution in [2.24, 2.45) is 0 Å². The van der Waals surface area contributed by atoms with Crippen LogP contribution >= 0.6 is 23.5 Å². The van der Waals surface area contributed by atoms with E-state index in [1.807, 2.05) is 15.0 Å². The monoisotopic (exact) mass is 1040 g/mol. The zero-order valence-electron chi connectivity index (χ0n) is 37.2. The summed E-state index contributed by atoms with van der Waals surface area (Å²) < 4.78 is 62.4. The fraction of sp³-hybridized carbons (Fsp3) is 0.556. The summed E-state index contributed by atoms with van der Waals surface area (Å²) in [5, 5.41) is 58.7. The summed E-state index contributed by atoms with van der Waals surface area (Å²) in [6.45, 7) is -2.05. The predicted octanol–water partition coefficient (Wildman–Crippen LogP) is -16.9. The van der Waals surface area contributed by atoms with Crippen LogP contribution in [0.15, 0.2) is 65.6 Å². The van der Waals surface area contributed by atoms with Crippen LogP contribution in [0.1, 0.15) is 23.0 Å². The molecule has 3 saturated heterocycles. The van der Waals surface area contributed by atoms with Crippen LogP contribution in [0, 0.1) is 0 Å². The smallest absolute Gasteiger partial charge is 1.00 e. The fourth-order valence-electron chi connectivity index (χ4n) is 5.68. The Morgan fingerprint density at radius 2 is 0.667 bits per heavy atom. The molecule has 360 valence electrons. The summed E-state index contributed by atoms with van der Waals surface area (Å²) >= 11 is 0. The minimum Gasteiger partial charge on any atom is -1.00 e. The Morgan fingerprint density at radius 3 is 0.848 bits per heavy atom. The standard InChI is InChI=1S/3C9H13N2O9P.3Na.3H/c3*12-5-1-2-11(9(15)10-5)8-7(14)6(13)4(20-8)3-19-21(16,17)18;;;;;;/h3*1-2,4,6-8,13-14H,3H2,(H,10,12,15)(H2,16,17,18);;;;;;/q;;;3*+1;3*-1/t3*4-,6-,7-,8-;;;;;;/m111....../s1.